The predicted octanol–water partition coefficient (Wildman–Crippen LogP) is 3.16. The molecule has 0 aromatic heterocycles. The minimum Gasteiger partial charge on any atom is -0.506 e. The third kappa shape index (κ3) is 3.99. The van der Waals surface area contributed by atoms with Gasteiger partial charge in [0.15, 0.2) is 0 Å². The SMILES string of the molecule is Cc1ccc(NC(=O)[C@@H](C)N2CCN(c3ccccc3O)CC2)c(C)c1. The first-order valence-electron chi connectivity index (χ1n) is 9.11. The molecule has 1 aliphatic rings. The van der Waals surface area contributed by atoms with Crippen molar-refractivity contribution in [3.05, 3.63) is 53.6 Å². The van der Waals surface area contributed by atoms with Crippen molar-refractivity contribution in [1.29, 1.82) is 0 Å². The molecule has 0 bridgehead atoms. The Morgan fingerprint density at radius 1 is 1.08 bits per heavy atom. The van der Waals surface area contributed by atoms with Crippen molar-refractivity contribution in [3.8, 4) is 5.75 Å². The molecule has 3 rings (SSSR count). The van der Waals surface area contributed by atoms with E-state index < -0.39 is 0 Å². The largest absolute Gasteiger partial charge is 0.506 e. The number of piperazine rings is 1. The van der Waals surface area contributed by atoms with E-state index in [0.29, 0.717) is 5.75 Å². The summed E-state index contributed by atoms with van der Waals surface area (Å²) < 4.78 is 0. The Labute approximate surface area is 155 Å². The molecule has 1 amide bonds. The maximum absolute atomic E-state index is 12.6. The second-order valence-electron chi connectivity index (χ2n) is 7.00. The maximum atomic E-state index is 12.6. The number of carbonyl (C=O) groups excluding carboxylic acids is 1. The van der Waals surface area contributed by atoms with Crippen LogP contribution in [0.4, 0.5) is 11.4 Å². The summed E-state index contributed by atoms with van der Waals surface area (Å²) in [6.07, 6.45) is 0. The topological polar surface area (TPSA) is 55.8 Å². The Balaban J connectivity index is 1.58. The van der Waals surface area contributed by atoms with Crippen LogP contribution in [-0.2, 0) is 4.79 Å². The molecule has 1 aliphatic heterocycles. The highest BCUT2D eigenvalue weighted by atomic mass is 16.3. The molecule has 26 heavy (non-hydrogen) atoms. The Kier molecular flexibility index (Phi) is 5.47. The zero-order valence-electron chi connectivity index (χ0n) is 15.7. The van der Waals surface area contributed by atoms with Gasteiger partial charge in [-0.15, -0.1) is 0 Å². The van der Waals surface area contributed by atoms with E-state index in [-0.39, 0.29) is 11.9 Å². The Bertz CT molecular complexity index is 783. The smallest absolute Gasteiger partial charge is 0.241 e. The van der Waals surface area contributed by atoms with Crippen LogP contribution in [0.5, 0.6) is 5.75 Å². The molecule has 0 saturated carbocycles. The molecule has 2 aromatic carbocycles. The van der Waals surface area contributed by atoms with Gasteiger partial charge in [-0.1, -0.05) is 29.8 Å². The Morgan fingerprint density at radius 2 is 1.77 bits per heavy atom. The van der Waals surface area contributed by atoms with Gasteiger partial charge in [0.05, 0.1) is 11.7 Å². The van der Waals surface area contributed by atoms with Gasteiger partial charge in [0.1, 0.15) is 5.75 Å². The number of para-hydroxylation sites is 2. The van der Waals surface area contributed by atoms with Crippen molar-refractivity contribution in [2.45, 2.75) is 26.8 Å². The molecule has 2 aromatic rings. The van der Waals surface area contributed by atoms with Gasteiger partial charge in [0.2, 0.25) is 5.91 Å². The van der Waals surface area contributed by atoms with Crippen molar-refractivity contribution in [1.82, 2.24) is 4.90 Å². The van der Waals surface area contributed by atoms with E-state index in [1.807, 2.05) is 51.1 Å². The van der Waals surface area contributed by atoms with E-state index in [2.05, 4.69) is 21.2 Å². The Morgan fingerprint density at radius 3 is 2.42 bits per heavy atom. The third-order valence-corrected chi connectivity index (χ3v) is 5.10. The van der Waals surface area contributed by atoms with E-state index in [0.717, 1.165) is 43.1 Å². The lowest BCUT2D eigenvalue weighted by molar-refractivity contribution is -0.120. The van der Waals surface area contributed by atoms with E-state index >= 15 is 0 Å². The van der Waals surface area contributed by atoms with Crippen LogP contribution in [0.25, 0.3) is 0 Å². The molecule has 1 atom stereocenters. The van der Waals surface area contributed by atoms with E-state index in [1.165, 1.54) is 5.56 Å². The van der Waals surface area contributed by atoms with Crippen LogP contribution >= 0.6 is 0 Å². The highest BCUT2D eigenvalue weighted by molar-refractivity contribution is 5.95. The molecule has 5 nitrogen and oxygen atoms in total. The number of phenols is 1. The first-order valence-corrected chi connectivity index (χ1v) is 9.11. The number of nitrogens with one attached hydrogen (secondary N) is 1. The molecule has 0 spiro atoms. The summed E-state index contributed by atoms with van der Waals surface area (Å²) in [6.45, 7) is 9.17. The van der Waals surface area contributed by atoms with Gasteiger partial charge in [-0.2, -0.15) is 0 Å². The number of benzene rings is 2. The van der Waals surface area contributed by atoms with Gasteiger partial charge in [-0.05, 0) is 44.5 Å². The highest BCUT2D eigenvalue weighted by Crippen LogP contribution is 2.27. The lowest BCUT2D eigenvalue weighted by atomic mass is 10.1. The number of nitrogens with zero attached hydrogens (tertiary/aromatic N) is 2. The molecule has 1 fully saturated rings. The average Bonchev–Trinajstić information content (AvgIpc) is 2.64. The van der Waals surface area contributed by atoms with Crippen LogP contribution in [0.15, 0.2) is 42.5 Å². The first kappa shape index (κ1) is 18.3. The average molecular weight is 353 g/mol. The fraction of sp³-hybridized carbons (Fsp3) is 0.381. The Hall–Kier alpha value is -2.53. The summed E-state index contributed by atoms with van der Waals surface area (Å²) in [4.78, 5) is 17.0. The van der Waals surface area contributed by atoms with E-state index in [9.17, 15) is 9.90 Å². The van der Waals surface area contributed by atoms with Crippen molar-refractivity contribution in [3.63, 3.8) is 0 Å². The number of phenolic OH excluding ortho intramolecular Hbond substituents is 1. The molecule has 0 unspecified atom stereocenters. The fourth-order valence-electron chi connectivity index (χ4n) is 3.44. The molecule has 0 aliphatic carbocycles. The van der Waals surface area contributed by atoms with Crippen LogP contribution in [0.1, 0.15) is 18.1 Å². The molecular weight excluding hydrogens is 326 g/mol. The van der Waals surface area contributed by atoms with Crippen molar-refractivity contribution < 1.29 is 9.90 Å². The summed E-state index contributed by atoms with van der Waals surface area (Å²) in [5.41, 5.74) is 4.00. The van der Waals surface area contributed by atoms with Crippen LogP contribution in [-0.4, -0.2) is 48.1 Å². The summed E-state index contributed by atoms with van der Waals surface area (Å²) >= 11 is 0. The maximum Gasteiger partial charge on any atom is 0.241 e. The van der Waals surface area contributed by atoms with Crippen molar-refractivity contribution in [2.24, 2.45) is 0 Å². The molecule has 1 heterocycles. The minimum atomic E-state index is -0.192. The van der Waals surface area contributed by atoms with Gasteiger partial charge in [0.25, 0.3) is 0 Å². The zero-order chi connectivity index (χ0) is 18.7. The van der Waals surface area contributed by atoms with Gasteiger partial charge in [-0.3, -0.25) is 9.69 Å². The summed E-state index contributed by atoms with van der Waals surface area (Å²) in [7, 11) is 0. The standard InChI is InChI=1S/C21H27N3O2/c1-15-8-9-18(16(2)14-15)22-21(26)17(3)23-10-12-24(13-11-23)19-6-4-5-7-20(19)25/h4-9,14,17,25H,10-13H2,1-3H3,(H,22,26)/t17-/m1/s1. The van der Waals surface area contributed by atoms with Crippen molar-refractivity contribution >= 4 is 17.3 Å². The number of rotatable bonds is 4. The minimum absolute atomic E-state index is 0.0213. The molecule has 0 radical (unpaired) electrons. The summed E-state index contributed by atoms with van der Waals surface area (Å²) in [6, 6.07) is 13.3. The molecular formula is C21H27N3O2. The summed E-state index contributed by atoms with van der Waals surface area (Å²) in [5.74, 6) is 0.328. The number of amides is 1. The van der Waals surface area contributed by atoms with Gasteiger partial charge >= 0.3 is 0 Å². The van der Waals surface area contributed by atoms with Gasteiger partial charge in [-0.25, -0.2) is 0 Å². The van der Waals surface area contributed by atoms with E-state index in [1.54, 1.807) is 6.07 Å². The number of hydrogen-bond acceptors (Lipinski definition) is 4. The van der Waals surface area contributed by atoms with Crippen LogP contribution < -0.4 is 10.2 Å². The quantitative estimate of drug-likeness (QED) is 0.887. The highest BCUT2D eigenvalue weighted by Gasteiger charge is 2.26. The van der Waals surface area contributed by atoms with E-state index in [4.69, 9.17) is 0 Å². The summed E-state index contributed by atoms with van der Waals surface area (Å²) in [5, 5.41) is 13.1. The number of carbonyl (C=O) groups is 1. The normalized spacial score (nSPS) is 16.3. The predicted molar refractivity (Wildman–Crippen MR) is 106 cm³/mol. The monoisotopic (exact) mass is 353 g/mol. The second-order valence-corrected chi connectivity index (χ2v) is 7.00. The number of aryl methyl sites for hydroxylation is 2. The first-order chi connectivity index (χ1) is 12.5. The molecule has 5 heteroatoms. The van der Waals surface area contributed by atoms with Gasteiger partial charge in [0, 0.05) is 31.9 Å². The zero-order valence-corrected chi connectivity index (χ0v) is 15.7. The lowest BCUT2D eigenvalue weighted by Crippen LogP contribution is -2.52. The molecule has 138 valence electrons. The van der Waals surface area contributed by atoms with Crippen LogP contribution in [0.2, 0.25) is 0 Å². The van der Waals surface area contributed by atoms with Crippen molar-refractivity contribution in [2.75, 3.05) is 36.4 Å². The molecule has 1 saturated heterocycles. The lowest BCUT2D eigenvalue weighted by Gasteiger charge is -2.38. The molecule has 2 N–H and O–H groups in total. The number of hydrogen-bond donors (Lipinski definition) is 2. The third-order valence-electron chi connectivity index (χ3n) is 5.10. The fourth-order valence-corrected chi connectivity index (χ4v) is 3.44. The number of anilines is 2. The van der Waals surface area contributed by atoms with Crippen LogP contribution in [0, 0.1) is 13.8 Å². The second kappa shape index (κ2) is 7.79. The van der Waals surface area contributed by atoms with Crippen LogP contribution in [0.3, 0.4) is 0 Å². The number of aromatic hydroxyl groups is 1. The van der Waals surface area contributed by atoms with Gasteiger partial charge < -0.3 is 15.3 Å².